The summed E-state index contributed by atoms with van der Waals surface area (Å²) >= 11 is 11.8. The lowest BCUT2D eigenvalue weighted by molar-refractivity contribution is 0.0992. The van der Waals surface area contributed by atoms with Crippen molar-refractivity contribution in [3.8, 4) is 11.6 Å². The van der Waals surface area contributed by atoms with E-state index in [2.05, 4.69) is 10.3 Å². The van der Waals surface area contributed by atoms with Crippen LogP contribution in [0.15, 0.2) is 54.7 Å². The fourth-order valence-corrected chi connectivity index (χ4v) is 3.27. The van der Waals surface area contributed by atoms with Crippen LogP contribution in [-0.2, 0) is 6.42 Å². The number of halogens is 2. The monoisotopic (exact) mass is 412 g/mol. The Morgan fingerprint density at radius 2 is 1.86 bits per heavy atom. The maximum Gasteiger partial charge on any atom is 0.257 e. The lowest BCUT2D eigenvalue weighted by atomic mass is 10.1. The van der Waals surface area contributed by atoms with Gasteiger partial charge < -0.3 is 10.1 Å². The quantitative estimate of drug-likeness (QED) is 0.608. The summed E-state index contributed by atoms with van der Waals surface area (Å²) in [5, 5.41) is 3.51. The molecule has 0 radical (unpaired) electrons. The molecule has 0 aliphatic heterocycles. The van der Waals surface area contributed by atoms with Crippen molar-refractivity contribution in [2.24, 2.45) is 0 Å². The van der Waals surface area contributed by atoms with Crippen molar-refractivity contribution < 1.29 is 14.3 Å². The Bertz CT molecular complexity index is 1080. The summed E-state index contributed by atoms with van der Waals surface area (Å²) in [4.78, 5) is 28.2. The SMILES string of the molecule is O=C(Nc1ccc(Cl)c(Cl)c1)c1ccc(Oc2ccc3c(c2)CCC3=O)nc1. The number of Topliss-reactive ketones (excluding diaryl/α,β-unsaturated/α-hetero) is 1. The van der Waals surface area contributed by atoms with Crippen LogP contribution in [0.25, 0.3) is 0 Å². The lowest BCUT2D eigenvalue weighted by Gasteiger charge is -2.08. The number of anilines is 1. The van der Waals surface area contributed by atoms with Gasteiger partial charge in [-0.3, -0.25) is 9.59 Å². The van der Waals surface area contributed by atoms with Gasteiger partial charge in [0.05, 0.1) is 15.6 Å². The number of hydrogen-bond donors (Lipinski definition) is 1. The second-order valence-electron chi connectivity index (χ2n) is 6.31. The van der Waals surface area contributed by atoms with Gasteiger partial charge in [0.15, 0.2) is 5.78 Å². The van der Waals surface area contributed by atoms with Crippen LogP contribution in [0.4, 0.5) is 5.69 Å². The molecule has 4 rings (SSSR count). The molecule has 1 amide bonds. The molecular formula is C21H14Cl2N2O3. The number of ether oxygens (including phenoxy) is 1. The van der Waals surface area contributed by atoms with Crippen LogP contribution in [0.3, 0.4) is 0 Å². The van der Waals surface area contributed by atoms with Crippen molar-refractivity contribution in [2.75, 3.05) is 5.32 Å². The minimum atomic E-state index is -0.325. The molecule has 140 valence electrons. The van der Waals surface area contributed by atoms with Gasteiger partial charge in [0.1, 0.15) is 5.75 Å². The second kappa shape index (κ2) is 7.62. The van der Waals surface area contributed by atoms with E-state index in [0.717, 1.165) is 17.5 Å². The number of benzene rings is 2. The molecule has 1 N–H and O–H groups in total. The topological polar surface area (TPSA) is 68.3 Å². The average Bonchev–Trinajstić information content (AvgIpc) is 3.05. The van der Waals surface area contributed by atoms with Crippen molar-refractivity contribution >= 4 is 40.6 Å². The highest BCUT2D eigenvalue weighted by atomic mass is 35.5. The van der Waals surface area contributed by atoms with Crippen LogP contribution in [0, 0.1) is 0 Å². The Labute approximate surface area is 171 Å². The molecule has 0 unspecified atom stereocenters. The molecule has 5 nitrogen and oxygen atoms in total. The van der Waals surface area contributed by atoms with Crippen LogP contribution in [-0.4, -0.2) is 16.7 Å². The molecule has 0 atom stereocenters. The van der Waals surface area contributed by atoms with Gasteiger partial charge >= 0.3 is 0 Å². The summed E-state index contributed by atoms with van der Waals surface area (Å²) in [7, 11) is 0. The van der Waals surface area contributed by atoms with E-state index in [1.54, 1.807) is 42.5 Å². The Kier molecular flexibility index (Phi) is 5.03. The fourth-order valence-electron chi connectivity index (χ4n) is 2.97. The first-order valence-corrected chi connectivity index (χ1v) is 9.31. The van der Waals surface area contributed by atoms with Gasteiger partial charge in [-0.15, -0.1) is 0 Å². The molecule has 28 heavy (non-hydrogen) atoms. The predicted octanol–water partition coefficient (Wildman–Crippen LogP) is 5.56. The van der Waals surface area contributed by atoms with Gasteiger partial charge in [-0.25, -0.2) is 4.98 Å². The van der Waals surface area contributed by atoms with E-state index < -0.39 is 0 Å². The maximum atomic E-state index is 12.3. The molecule has 7 heteroatoms. The number of nitrogens with zero attached hydrogens (tertiary/aromatic N) is 1. The van der Waals surface area contributed by atoms with Gasteiger partial charge in [-0.2, -0.15) is 0 Å². The highest BCUT2D eigenvalue weighted by Gasteiger charge is 2.19. The molecule has 1 aromatic heterocycles. The number of amides is 1. The normalized spacial score (nSPS) is 12.6. The summed E-state index contributed by atoms with van der Waals surface area (Å²) in [6, 6.07) is 13.5. The van der Waals surface area contributed by atoms with Gasteiger partial charge in [0.25, 0.3) is 5.91 Å². The molecule has 0 fully saturated rings. The summed E-state index contributed by atoms with van der Waals surface area (Å²) in [5.74, 6) is 0.801. The Morgan fingerprint density at radius 3 is 2.61 bits per heavy atom. The summed E-state index contributed by atoms with van der Waals surface area (Å²) in [5.41, 5.74) is 2.65. The van der Waals surface area contributed by atoms with Gasteiger partial charge in [0.2, 0.25) is 5.88 Å². The zero-order chi connectivity index (χ0) is 19.7. The minimum Gasteiger partial charge on any atom is -0.439 e. The van der Waals surface area contributed by atoms with E-state index in [1.165, 1.54) is 6.20 Å². The van der Waals surface area contributed by atoms with Crippen molar-refractivity contribution in [3.63, 3.8) is 0 Å². The predicted molar refractivity (Wildman–Crippen MR) is 108 cm³/mol. The summed E-state index contributed by atoms with van der Waals surface area (Å²) in [6.07, 6.45) is 2.70. The van der Waals surface area contributed by atoms with Crippen LogP contribution in [0.2, 0.25) is 10.0 Å². The van der Waals surface area contributed by atoms with Crippen molar-refractivity contribution in [3.05, 3.63) is 81.5 Å². The standard InChI is InChI=1S/C21H14Cl2N2O3/c22-17-6-3-14(10-18(17)23)25-21(27)13-2-8-20(24-11-13)28-15-4-5-16-12(9-15)1-7-19(16)26/h2-6,8-11H,1,7H2,(H,25,27). The molecule has 0 bridgehead atoms. The lowest BCUT2D eigenvalue weighted by Crippen LogP contribution is -2.12. The molecule has 3 aromatic rings. The molecular weight excluding hydrogens is 399 g/mol. The number of nitrogens with one attached hydrogen (secondary N) is 1. The van der Waals surface area contributed by atoms with E-state index >= 15 is 0 Å². The van der Waals surface area contributed by atoms with Crippen molar-refractivity contribution in [1.82, 2.24) is 4.98 Å². The highest BCUT2D eigenvalue weighted by Crippen LogP contribution is 2.29. The minimum absolute atomic E-state index is 0.164. The van der Waals surface area contributed by atoms with E-state index in [4.69, 9.17) is 27.9 Å². The molecule has 0 spiro atoms. The molecule has 0 saturated carbocycles. The zero-order valence-corrected chi connectivity index (χ0v) is 16.1. The first-order valence-electron chi connectivity index (χ1n) is 8.56. The van der Waals surface area contributed by atoms with E-state index in [1.807, 2.05) is 6.07 Å². The third-order valence-electron chi connectivity index (χ3n) is 4.40. The third-order valence-corrected chi connectivity index (χ3v) is 5.14. The largest absolute Gasteiger partial charge is 0.439 e. The maximum absolute atomic E-state index is 12.3. The summed E-state index contributed by atoms with van der Waals surface area (Å²) < 4.78 is 5.73. The number of rotatable bonds is 4. The van der Waals surface area contributed by atoms with Gasteiger partial charge in [-0.1, -0.05) is 23.2 Å². The van der Waals surface area contributed by atoms with Crippen molar-refractivity contribution in [2.45, 2.75) is 12.8 Å². The molecule has 0 saturated heterocycles. The second-order valence-corrected chi connectivity index (χ2v) is 7.13. The zero-order valence-electron chi connectivity index (χ0n) is 14.5. The van der Waals surface area contributed by atoms with Gasteiger partial charge in [-0.05, 0) is 54.4 Å². The Balaban J connectivity index is 1.44. The third kappa shape index (κ3) is 3.86. The first kappa shape index (κ1) is 18.5. The molecule has 1 heterocycles. The summed E-state index contributed by atoms with van der Waals surface area (Å²) in [6.45, 7) is 0. The molecule has 1 aliphatic carbocycles. The Morgan fingerprint density at radius 1 is 1.00 bits per heavy atom. The Hall–Kier alpha value is -2.89. The van der Waals surface area contributed by atoms with Crippen LogP contribution in [0.1, 0.15) is 32.7 Å². The van der Waals surface area contributed by atoms with Crippen molar-refractivity contribution in [1.29, 1.82) is 0 Å². The smallest absolute Gasteiger partial charge is 0.257 e. The highest BCUT2D eigenvalue weighted by molar-refractivity contribution is 6.42. The van der Waals surface area contributed by atoms with Gasteiger partial charge in [0, 0.05) is 29.9 Å². The van der Waals surface area contributed by atoms with Crippen LogP contribution in [0.5, 0.6) is 11.6 Å². The number of ketones is 1. The van der Waals surface area contributed by atoms with Crippen LogP contribution < -0.4 is 10.1 Å². The number of carbonyl (C=O) groups is 2. The first-order chi connectivity index (χ1) is 13.5. The number of aryl methyl sites for hydroxylation is 1. The van der Waals surface area contributed by atoms with E-state index in [0.29, 0.717) is 39.3 Å². The van der Waals surface area contributed by atoms with Crippen LogP contribution >= 0.6 is 23.2 Å². The fraction of sp³-hybridized carbons (Fsp3) is 0.0952. The van der Waals surface area contributed by atoms with E-state index in [9.17, 15) is 9.59 Å². The molecule has 1 aliphatic rings. The average molecular weight is 413 g/mol. The number of hydrogen-bond acceptors (Lipinski definition) is 4. The number of fused-ring (bicyclic) bond motifs is 1. The number of aromatic nitrogens is 1. The number of carbonyl (C=O) groups excluding carboxylic acids is 2. The number of pyridine rings is 1. The van der Waals surface area contributed by atoms with E-state index in [-0.39, 0.29) is 11.7 Å². The molecule has 2 aromatic carbocycles.